The van der Waals surface area contributed by atoms with Crippen LogP contribution in [0.3, 0.4) is 0 Å². The molecule has 0 unspecified atom stereocenters. The van der Waals surface area contributed by atoms with E-state index in [1.54, 1.807) is 11.1 Å². The Bertz CT molecular complexity index is 596. The SMILES string of the molecule is CC(C)c1ccc(CNc2cccc3c2CCCC3)cc1. The standard InChI is InChI=1S/C20H25N/c1-15(2)17-12-10-16(11-13-17)14-21-20-9-5-7-18-6-3-4-8-19(18)20/h5,7,9-13,15,21H,3-4,6,8,14H2,1-2H3. The van der Waals surface area contributed by atoms with Crippen molar-refractivity contribution in [2.24, 2.45) is 0 Å². The maximum atomic E-state index is 3.64. The summed E-state index contributed by atoms with van der Waals surface area (Å²) in [4.78, 5) is 0. The fourth-order valence-electron chi connectivity index (χ4n) is 3.16. The zero-order valence-electron chi connectivity index (χ0n) is 13.2. The minimum atomic E-state index is 0.605. The number of rotatable bonds is 4. The van der Waals surface area contributed by atoms with E-state index in [1.165, 1.54) is 42.5 Å². The minimum Gasteiger partial charge on any atom is -0.381 e. The Hall–Kier alpha value is -1.76. The van der Waals surface area contributed by atoms with Crippen LogP contribution in [0.2, 0.25) is 0 Å². The fraction of sp³-hybridized carbons (Fsp3) is 0.400. The first-order valence-corrected chi connectivity index (χ1v) is 8.17. The van der Waals surface area contributed by atoms with Crippen LogP contribution in [0.4, 0.5) is 5.69 Å². The molecule has 0 aromatic heterocycles. The molecule has 2 aromatic carbocycles. The maximum absolute atomic E-state index is 3.64. The van der Waals surface area contributed by atoms with Crippen molar-refractivity contribution in [3.63, 3.8) is 0 Å². The number of benzene rings is 2. The molecule has 1 heteroatoms. The summed E-state index contributed by atoms with van der Waals surface area (Å²) in [5, 5.41) is 3.64. The van der Waals surface area contributed by atoms with Crippen molar-refractivity contribution in [1.82, 2.24) is 0 Å². The van der Waals surface area contributed by atoms with Crippen LogP contribution in [-0.4, -0.2) is 0 Å². The third kappa shape index (κ3) is 3.29. The molecule has 1 aliphatic carbocycles. The van der Waals surface area contributed by atoms with Crippen LogP contribution in [0, 0.1) is 0 Å². The first-order chi connectivity index (χ1) is 10.2. The quantitative estimate of drug-likeness (QED) is 0.800. The van der Waals surface area contributed by atoms with E-state index >= 15 is 0 Å². The second kappa shape index (κ2) is 6.34. The molecule has 0 radical (unpaired) electrons. The van der Waals surface area contributed by atoms with Gasteiger partial charge in [0.15, 0.2) is 0 Å². The van der Waals surface area contributed by atoms with E-state index in [0.717, 1.165) is 6.54 Å². The summed E-state index contributed by atoms with van der Waals surface area (Å²) in [6.45, 7) is 5.39. The van der Waals surface area contributed by atoms with Gasteiger partial charge in [0.05, 0.1) is 0 Å². The molecule has 0 saturated carbocycles. The monoisotopic (exact) mass is 279 g/mol. The Kier molecular flexibility index (Phi) is 4.28. The Morgan fingerprint density at radius 1 is 0.952 bits per heavy atom. The average Bonchev–Trinajstić information content (AvgIpc) is 2.53. The summed E-state index contributed by atoms with van der Waals surface area (Å²) in [5.41, 5.74) is 7.19. The molecule has 0 heterocycles. The van der Waals surface area contributed by atoms with Crippen molar-refractivity contribution in [3.05, 3.63) is 64.7 Å². The summed E-state index contributed by atoms with van der Waals surface area (Å²) >= 11 is 0. The highest BCUT2D eigenvalue weighted by atomic mass is 14.9. The molecule has 3 rings (SSSR count). The molecule has 0 atom stereocenters. The Balaban J connectivity index is 1.70. The number of nitrogens with one attached hydrogen (secondary N) is 1. The van der Waals surface area contributed by atoms with E-state index in [-0.39, 0.29) is 0 Å². The molecule has 0 saturated heterocycles. The largest absolute Gasteiger partial charge is 0.381 e. The Morgan fingerprint density at radius 3 is 2.48 bits per heavy atom. The van der Waals surface area contributed by atoms with Gasteiger partial charge in [-0.1, -0.05) is 50.2 Å². The first kappa shape index (κ1) is 14.2. The highest BCUT2D eigenvalue weighted by Crippen LogP contribution is 2.28. The molecule has 21 heavy (non-hydrogen) atoms. The Morgan fingerprint density at radius 2 is 1.71 bits per heavy atom. The predicted octanol–water partition coefficient (Wildman–Crippen LogP) is 5.30. The fourth-order valence-corrected chi connectivity index (χ4v) is 3.16. The van der Waals surface area contributed by atoms with E-state index < -0.39 is 0 Å². The lowest BCUT2D eigenvalue weighted by molar-refractivity contribution is 0.686. The normalized spacial score (nSPS) is 14.0. The van der Waals surface area contributed by atoms with Crippen molar-refractivity contribution in [1.29, 1.82) is 0 Å². The van der Waals surface area contributed by atoms with E-state index in [4.69, 9.17) is 0 Å². The summed E-state index contributed by atoms with van der Waals surface area (Å²) in [5.74, 6) is 0.605. The van der Waals surface area contributed by atoms with Gasteiger partial charge in [0.25, 0.3) is 0 Å². The smallest absolute Gasteiger partial charge is 0.0400 e. The summed E-state index contributed by atoms with van der Waals surface area (Å²) < 4.78 is 0. The van der Waals surface area contributed by atoms with Crippen LogP contribution in [0.25, 0.3) is 0 Å². The van der Waals surface area contributed by atoms with Crippen molar-refractivity contribution in [3.8, 4) is 0 Å². The molecular weight excluding hydrogens is 254 g/mol. The van der Waals surface area contributed by atoms with E-state index in [1.807, 2.05) is 0 Å². The van der Waals surface area contributed by atoms with Gasteiger partial charge in [-0.2, -0.15) is 0 Å². The first-order valence-electron chi connectivity index (χ1n) is 8.17. The molecule has 0 bridgehead atoms. The minimum absolute atomic E-state index is 0.605. The number of hydrogen-bond donors (Lipinski definition) is 1. The number of hydrogen-bond acceptors (Lipinski definition) is 1. The van der Waals surface area contributed by atoms with Crippen LogP contribution in [0.15, 0.2) is 42.5 Å². The molecule has 110 valence electrons. The van der Waals surface area contributed by atoms with Gasteiger partial charge in [-0.25, -0.2) is 0 Å². The van der Waals surface area contributed by atoms with Gasteiger partial charge >= 0.3 is 0 Å². The molecule has 1 N–H and O–H groups in total. The molecule has 2 aromatic rings. The number of aryl methyl sites for hydroxylation is 1. The third-order valence-corrected chi connectivity index (χ3v) is 4.53. The second-order valence-corrected chi connectivity index (χ2v) is 6.40. The predicted molar refractivity (Wildman–Crippen MR) is 90.9 cm³/mol. The van der Waals surface area contributed by atoms with Crippen molar-refractivity contribution in [2.75, 3.05) is 5.32 Å². The van der Waals surface area contributed by atoms with Gasteiger partial charge in [0, 0.05) is 12.2 Å². The van der Waals surface area contributed by atoms with Crippen LogP contribution >= 0.6 is 0 Å². The van der Waals surface area contributed by atoms with Crippen LogP contribution in [0.5, 0.6) is 0 Å². The molecule has 0 spiro atoms. The van der Waals surface area contributed by atoms with Gasteiger partial charge in [0.1, 0.15) is 0 Å². The van der Waals surface area contributed by atoms with Gasteiger partial charge in [-0.15, -0.1) is 0 Å². The second-order valence-electron chi connectivity index (χ2n) is 6.40. The van der Waals surface area contributed by atoms with Crippen LogP contribution < -0.4 is 5.32 Å². The molecular formula is C20H25N. The summed E-state index contributed by atoms with van der Waals surface area (Å²) in [6.07, 6.45) is 5.14. The van der Waals surface area contributed by atoms with Gasteiger partial charge in [-0.3, -0.25) is 0 Å². The van der Waals surface area contributed by atoms with Crippen LogP contribution in [-0.2, 0) is 19.4 Å². The molecule has 0 amide bonds. The molecule has 1 aliphatic rings. The lowest BCUT2D eigenvalue weighted by Crippen LogP contribution is -2.08. The van der Waals surface area contributed by atoms with E-state index in [0.29, 0.717) is 5.92 Å². The van der Waals surface area contributed by atoms with Crippen LogP contribution in [0.1, 0.15) is 54.9 Å². The molecule has 0 fully saturated rings. The molecule has 1 nitrogen and oxygen atoms in total. The van der Waals surface area contributed by atoms with Gasteiger partial charge in [-0.05, 0) is 59.9 Å². The van der Waals surface area contributed by atoms with Gasteiger partial charge in [0.2, 0.25) is 0 Å². The molecule has 0 aliphatic heterocycles. The lowest BCUT2D eigenvalue weighted by Gasteiger charge is -2.20. The summed E-state index contributed by atoms with van der Waals surface area (Å²) in [7, 11) is 0. The number of anilines is 1. The zero-order valence-corrected chi connectivity index (χ0v) is 13.2. The summed E-state index contributed by atoms with van der Waals surface area (Å²) in [6, 6.07) is 15.7. The van der Waals surface area contributed by atoms with Crippen molar-refractivity contribution < 1.29 is 0 Å². The van der Waals surface area contributed by atoms with E-state index in [2.05, 4.69) is 61.6 Å². The van der Waals surface area contributed by atoms with E-state index in [9.17, 15) is 0 Å². The average molecular weight is 279 g/mol. The van der Waals surface area contributed by atoms with Crippen molar-refractivity contribution in [2.45, 2.75) is 52.0 Å². The topological polar surface area (TPSA) is 12.0 Å². The highest BCUT2D eigenvalue weighted by Gasteiger charge is 2.12. The highest BCUT2D eigenvalue weighted by molar-refractivity contribution is 5.55. The zero-order chi connectivity index (χ0) is 14.7. The number of fused-ring (bicyclic) bond motifs is 1. The lowest BCUT2D eigenvalue weighted by atomic mass is 9.90. The third-order valence-electron chi connectivity index (χ3n) is 4.53. The maximum Gasteiger partial charge on any atom is 0.0400 e. The van der Waals surface area contributed by atoms with Crippen molar-refractivity contribution >= 4 is 5.69 Å². The van der Waals surface area contributed by atoms with Gasteiger partial charge < -0.3 is 5.32 Å². The Labute approximate surface area is 128 Å².